The van der Waals surface area contributed by atoms with E-state index in [0.29, 0.717) is 4.57 Å². The van der Waals surface area contributed by atoms with Crippen LogP contribution in [0.1, 0.15) is 5.82 Å². The van der Waals surface area contributed by atoms with E-state index in [2.05, 4.69) is 20.3 Å². The third kappa shape index (κ3) is 5.54. The number of halogens is 6. The van der Waals surface area contributed by atoms with Gasteiger partial charge in [0.2, 0.25) is 11.7 Å². The van der Waals surface area contributed by atoms with E-state index in [4.69, 9.17) is 0 Å². The first-order valence-corrected chi connectivity index (χ1v) is 7.69. The number of aromatic nitrogens is 3. The summed E-state index contributed by atoms with van der Waals surface area (Å²) in [6.45, 7) is 0. The molecule has 1 aromatic heterocycles. The molecule has 1 aromatic carbocycles. The van der Waals surface area contributed by atoms with E-state index < -0.39 is 30.0 Å². The molecule has 0 spiro atoms. The largest absolute Gasteiger partial charge is 0.573 e. The average Bonchev–Trinajstić information content (AvgIpc) is 2.87. The van der Waals surface area contributed by atoms with E-state index in [1.165, 1.54) is 12.1 Å². The number of amides is 1. The van der Waals surface area contributed by atoms with Crippen LogP contribution in [0.15, 0.2) is 29.4 Å². The fourth-order valence-electron chi connectivity index (χ4n) is 1.75. The number of hydrogen-bond acceptors (Lipinski definition) is 5. The second kappa shape index (κ2) is 7.43. The molecule has 0 saturated heterocycles. The number of thioether (sulfide) groups is 1. The van der Waals surface area contributed by atoms with Gasteiger partial charge in [-0.3, -0.25) is 4.79 Å². The molecule has 1 N–H and O–H groups in total. The highest BCUT2D eigenvalue weighted by Gasteiger charge is 2.37. The molecule has 0 atom stereocenters. The van der Waals surface area contributed by atoms with Gasteiger partial charge in [0.1, 0.15) is 5.75 Å². The lowest BCUT2D eigenvalue weighted by Gasteiger charge is -2.10. The number of carbonyl (C=O) groups excluding carboxylic acids is 1. The second-order valence-corrected chi connectivity index (χ2v) is 5.71. The van der Waals surface area contributed by atoms with Gasteiger partial charge in [-0.2, -0.15) is 13.2 Å². The van der Waals surface area contributed by atoms with Crippen LogP contribution < -0.4 is 10.1 Å². The van der Waals surface area contributed by atoms with Gasteiger partial charge in [-0.15, -0.1) is 23.4 Å². The zero-order chi connectivity index (χ0) is 19.5. The number of rotatable bonds is 5. The lowest BCUT2D eigenvalue weighted by atomic mass is 10.3. The molecular formula is C13H10F6N4O2S. The third-order valence-corrected chi connectivity index (χ3v) is 3.81. The molecular weight excluding hydrogens is 390 g/mol. The smallest absolute Gasteiger partial charge is 0.406 e. The lowest BCUT2D eigenvalue weighted by Crippen LogP contribution is -2.17. The van der Waals surface area contributed by atoms with Gasteiger partial charge >= 0.3 is 12.5 Å². The first kappa shape index (κ1) is 19.9. The first-order chi connectivity index (χ1) is 12.0. The fourth-order valence-corrected chi connectivity index (χ4v) is 2.47. The van der Waals surface area contributed by atoms with Crippen molar-refractivity contribution in [2.75, 3.05) is 11.1 Å². The van der Waals surface area contributed by atoms with Crippen molar-refractivity contribution in [1.82, 2.24) is 14.8 Å². The molecule has 2 aromatic rings. The minimum atomic E-state index is -4.83. The van der Waals surface area contributed by atoms with Crippen LogP contribution in [0.4, 0.5) is 32.0 Å². The Hall–Kier alpha value is -2.44. The number of nitrogens with one attached hydrogen (secondary N) is 1. The number of ether oxygens (including phenoxy) is 1. The lowest BCUT2D eigenvalue weighted by molar-refractivity contribution is -0.274. The molecule has 0 saturated carbocycles. The summed E-state index contributed by atoms with van der Waals surface area (Å²) in [5.74, 6) is -2.51. The predicted molar refractivity (Wildman–Crippen MR) is 78.5 cm³/mol. The summed E-state index contributed by atoms with van der Waals surface area (Å²) in [6, 6.07) is 4.39. The summed E-state index contributed by atoms with van der Waals surface area (Å²) < 4.78 is 78.3. The van der Waals surface area contributed by atoms with Crippen LogP contribution in [0.3, 0.4) is 0 Å². The molecule has 13 heteroatoms. The quantitative estimate of drug-likeness (QED) is 0.615. The number of carbonyl (C=O) groups is 1. The van der Waals surface area contributed by atoms with E-state index in [1.807, 2.05) is 0 Å². The molecule has 6 nitrogen and oxygen atoms in total. The maximum atomic E-state index is 12.6. The SMILES string of the molecule is Cn1c(SCC(=O)Nc2ccc(OC(F)(F)F)cc2)nnc1C(F)(F)F. The predicted octanol–water partition coefficient (Wildman–Crippen LogP) is 3.46. The van der Waals surface area contributed by atoms with Crippen LogP contribution in [0.25, 0.3) is 0 Å². The summed E-state index contributed by atoms with van der Waals surface area (Å²) in [4.78, 5) is 11.8. The highest BCUT2D eigenvalue weighted by Crippen LogP contribution is 2.29. The second-order valence-electron chi connectivity index (χ2n) is 4.77. The number of benzene rings is 1. The summed E-state index contributed by atoms with van der Waals surface area (Å²) in [7, 11) is 1.11. The summed E-state index contributed by atoms with van der Waals surface area (Å²) in [6.07, 6.45) is -9.49. The third-order valence-electron chi connectivity index (χ3n) is 2.79. The zero-order valence-electron chi connectivity index (χ0n) is 12.9. The van der Waals surface area contributed by atoms with Crippen molar-refractivity contribution in [3.63, 3.8) is 0 Å². The number of alkyl halides is 6. The molecule has 0 aliphatic rings. The van der Waals surface area contributed by atoms with Gasteiger partial charge in [0.25, 0.3) is 0 Å². The van der Waals surface area contributed by atoms with Crippen LogP contribution in [0, 0.1) is 0 Å². The summed E-state index contributed by atoms with van der Waals surface area (Å²) in [5.41, 5.74) is 0.194. The van der Waals surface area contributed by atoms with Crippen molar-refractivity contribution in [3.8, 4) is 5.75 Å². The van der Waals surface area contributed by atoms with E-state index in [-0.39, 0.29) is 16.6 Å². The van der Waals surface area contributed by atoms with Crippen molar-refractivity contribution < 1.29 is 35.9 Å². The Balaban J connectivity index is 1.90. The Bertz CT molecular complexity index is 772. The van der Waals surface area contributed by atoms with Gasteiger partial charge in [-0.1, -0.05) is 11.8 Å². The van der Waals surface area contributed by atoms with Crippen molar-refractivity contribution in [3.05, 3.63) is 30.1 Å². The van der Waals surface area contributed by atoms with Crippen LogP contribution in [-0.4, -0.2) is 32.8 Å². The molecule has 0 bridgehead atoms. The van der Waals surface area contributed by atoms with Gasteiger partial charge in [0, 0.05) is 12.7 Å². The standard InChI is InChI=1S/C13H10F6N4O2S/c1-23-10(12(14,15)16)21-22-11(23)26-6-9(24)20-7-2-4-8(5-3-7)25-13(17,18)19/h2-5H,6H2,1H3,(H,20,24). The molecule has 0 unspecified atom stereocenters. The van der Waals surface area contributed by atoms with E-state index in [9.17, 15) is 31.1 Å². The number of hydrogen-bond donors (Lipinski definition) is 1. The topological polar surface area (TPSA) is 69.0 Å². The normalized spacial score (nSPS) is 12.1. The summed E-state index contributed by atoms with van der Waals surface area (Å²) >= 11 is 0.726. The molecule has 1 heterocycles. The van der Waals surface area contributed by atoms with Crippen molar-refractivity contribution in [1.29, 1.82) is 0 Å². The van der Waals surface area contributed by atoms with Crippen LogP contribution >= 0.6 is 11.8 Å². The highest BCUT2D eigenvalue weighted by atomic mass is 32.2. The van der Waals surface area contributed by atoms with Gasteiger partial charge in [-0.05, 0) is 24.3 Å². The molecule has 1 amide bonds. The fraction of sp³-hybridized carbons (Fsp3) is 0.308. The minimum Gasteiger partial charge on any atom is -0.406 e. The van der Waals surface area contributed by atoms with Gasteiger partial charge in [0.15, 0.2) is 5.16 Å². The number of anilines is 1. The molecule has 142 valence electrons. The monoisotopic (exact) mass is 400 g/mol. The van der Waals surface area contributed by atoms with E-state index >= 15 is 0 Å². The molecule has 0 aliphatic carbocycles. The van der Waals surface area contributed by atoms with Crippen molar-refractivity contribution in [2.24, 2.45) is 7.05 Å². The van der Waals surface area contributed by atoms with Crippen LogP contribution in [0.5, 0.6) is 5.75 Å². The highest BCUT2D eigenvalue weighted by molar-refractivity contribution is 7.99. The van der Waals surface area contributed by atoms with Gasteiger partial charge < -0.3 is 14.6 Å². The van der Waals surface area contributed by atoms with Gasteiger partial charge in [-0.25, -0.2) is 0 Å². The maximum absolute atomic E-state index is 12.6. The molecule has 26 heavy (non-hydrogen) atoms. The molecule has 0 radical (unpaired) electrons. The van der Waals surface area contributed by atoms with Crippen molar-refractivity contribution >= 4 is 23.4 Å². The summed E-state index contributed by atoms with van der Waals surface area (Å²) in [5, 5.41) is 8.65. The molecule has 0 fully saturated rings. The molecule has 0 aliphatic heterocycles. The van der Waals surface area contributed by atoms with E-state index in [0.717, 1.165) is 30.9 Å². The number of nitrogens with zero attached hydrogens (tertiary/aromatic N) is 3. The van der Waals surface area contributed by atoms with Gasteiger partial charge in [0.05, 0.1) is 5.75 Å². The Morgan fingerprint density at radius 1 is 1.15 bits per heavy atom. The van der Waals surface area contributed by atoms with Crippen LogP contribution in [-0.2, 0) is 18.0 Å². The minimum absolute atomic E-state index is 0.110. The Kier molecular flexibility index (Phi) is 5.68. The first-order valence-electron chi connectivity index (χ1n) is 6.71. The molecule has 2 rings (SSSR count). The maximum Gasteiger partial charge on any atom is 0.573 e. The van der Waals surface area contributed by atoms with Crippen LogP contribution in [0.2, 0.25) is 0 Å². The van der Waals surface area contributed by atoms with Crippen molar-refractivity contribution in [2.45, 2.75) is 17.7 Å². The Morgan fingerprint density at radius 3 is 2.27 bits per heavy atom. The Labute approximate surface area is 146 Å². The zero-order valence-corrected chi connectivity index (χ0v) is 13.7. The Morgan fingerprint density at radius 2 is 1.77 bits per heavy atom. The average molecular weight is 400 g/mol. The van der Waals surface area contributed by atoms with E-state index in [1.54, 1.807) is 0 Å².